The van der Waals surface area contributed by atoms with E-state index in [1.54, 1.807) is 28.4 Å². The molecule has 0 N–H and O–H groups in total. The first-order valence-electron chi connectivity index (χ1n) is 12.8. The number of methoxy groups -OCH3 is 4. The van der Waals surface area contributed by atoms with Gasteiger partial charge in [-0.2, -0.15) is 0 Å². The number of benzene rings is 5. The minimum Gasteiger partial charge on any atom is -0.493 e. The topological polar surface area (TPSA) is 36.9 Å². The van der Waals surface area contributed by atoms with Crippen LogP contribution in [0.25, 0.3) is 50.2 Å². The SMILES string of the molecule is C=Cc1c(-c2c(-c3ccc(-c4ccccc4)cc3)cc3cc(OC)c(OC)cc3c2C)ccc(OC)c1OC. The maximum atomic E-state index is 5.79. The summed E-state index contributed by atoms with van der Waals surface area (Å²) in [5.41, 5.74) is 8.66. The fourth-order valence-corrected chi connectivity index (χ4v) is 5.32. The molecule has 0 atom stereocenters. The quantitative estimate of drug-likeness (QED) is 0.206. The van der Waals surface area contributed by atoms with Gasteiger partial charge in [-0.1, -0.05) is 67.3 Å². The molecule has 5 aromatic carbocycles. The summed E-state index contributed by atoms with van der Waals surface area (Å²) in [7, 11) is 6.62. The molecule has 0 saturated carbocycles. The lowest BCUT2D eigenvalue weighted by molar-refractivity contribution is 0.354. The van der Waals surface area contributed by atoms with Crippen molar-refractivity contribution in [2.45, 2.75) is 6.92 Å². The lowest BCUT2D eigenvalue weighted by Crippen LogP contribution is -1.99. The van der Waals surface area contributed by atoms with E-state index in [9.17, 15) is 0 Å². The van der Waals surface area contributed by atoms with Crippen LogP contribution in [0.15, 0.2) is 91.5 Å². The van der Waals surface area contributed by atoms with Crippen molar-refractivity contribution in [3.05, 3.63) is 103 Å². The molecule has 0 amide bonds. The molecular formula is C35H32O4. The van der Waals surface area contributed by atoms with Crippen LogP contribution in [0.4, 0.5) is 0 Å². The van der Waals surface area contributed by atoms with Gasteiger partial charge in [-0.3, -0.25) is 0 Å². The van der Waals surface area contributed by atoms with E-state index in [1.165, 1.54) is 11.1 Å². The summed E-state index contributed by atoms with van der Waals surface area (Å²) in [6, 6.07) is 29.4. The second-order valence-corrected chi connectivity index (χ2v) is 9.26. The Morgan fingerprint density at radius 2 is 1.21 bits per heavy atom. The monoisotopic (exact) mass is 516 g/mol. The van der Waals surface area contributed by atoms with Crippen LogP contribution in [0.2, 0.25) is 0 Å². The molecule has 0 spiro atoms. The van der Waals surface area contributed by atoms with Crippen molar-refractivity contribution >= 4 is 16.8 Å². The summed E-state index contributed by atoms with van der Waals surface area (Å²) < 4.78 is 22.7. The highest BCUT2D eigenvalue weighted by Gasteiger charge is 2.21. The zero-order chi connectivity index (χ0) is 27.5. The maximum absolute atomic E-state index is 5.79. The molecule has 4 nitrogen and oxygen atoms in total. The number of rotatable bonds is 8. The molecule has 0 aliphatic carbocycles. The third-order valence-electron chi connectivity index (χ3n) is 7.26. The molecule has 0 radical (unpaired) electrons. The van der Waals surface area contributed by atoms with E-state index in [4.69, 9.17) is 18.9 Å². The molecule has 5 rings (SSSR count). The second kappa shape index (κ2) is 11.0. The summed E-state index contributed by atoms with van der Waals surface area (Å²) in [6.07, 6.45) is 1.83. The molecule has 0 saturated heterocycles. The molecule has 0 bridgehead atoms. The first kappa shape index (κ1) is 25.9. The van der Waals surface area contributed by atoms with Crippen molar-refractivity contribution in [1.29, 1.82) is 0 Å². The van der Waals surface area contributed by atoms with E-state index in [-0.39, 0.29) is 0 Å². The standard InChI is InChI=1S/C35H32O4/c1-7-27-28(17-18-31(36-3)35(27)39-6)34-22(2)29-21-33(38-5)32(37-4)20-26(29)19-30(34)25-15-13-24(14-16-25)23-11-9-8-10-12-23/h7-21H,1H2,2-6H3. The molecule has 0 heterocycles. The second-order valence-electron chi connectivity index (χ2n) is 9.26. The Kier molecular flexibility index (Phi) is 7.29. The lowest BCUT2D eigenvalue weighted by Gasteiger charge is -2.21. The predicted octanol–water partition coefficient (Wildman–Crippen LogP) is 8.83. The predicted molar refractivity (Wildman–Crippen MR) is 161 cm³/mol. The van der Waals surface area contributed by atoms with Crippen molar-refractivity contribution in [2.24, 2.45) is 0 Å². The molecule has 5 aromatic rings. The summed E-state index contributed by atoms with van der Waals surface area (Å²) in [5, 5.41) is 2.15. The van der Waals surface area contributed by atoms with Gasteiger partial charge in [0.25, 0.3) is 0 Å². The van der Waals surface area contributed by atoms with Gasteiger partial charge in [-0.15, -0.1) is 0 Å². The highest BCUT2D eigenvalue weighted by molar-refractivity contribution is 6.03. The van der Waals surface area contributed by atoms with Gasteiger partial charge in [0.05, 0.1) is 28.4 Å². The van der Waals surface area contributed by atoms with Crippen LogP contribution < -0.4 is 18.9 Å². The van der Waals surface area contributed by atoms with Crippen molar-refractivity contribution in [2.75, 3.05) is 28.4 Å². The van der Waals surface area contributed by atoms with E-state index < -0.39 is 0 Å². The van der Waals surface area contributed by atoms with Gasteiger partial charge in [-0.25, -0.2) is 0 Å². The van der Waals surface area contributed by atoms with Crippen molar-refractivity contribution in [3.8, 4) is 56.4 Å². The Hall–Kier alpha value is -4.70. The zero-order valence-corrected chi connectivity index (χ0v) is 23.0. The van der Waals surface area contributed by atoms with Crippen LogP contribution in [0.5, 0.6) is 23.0 Å². The summed E-state index contributed by atoms with van der Waals surface area (Å²) in [5.74, 6) is 2.70. The van der Waals surface area contributed by atoms with Gasteiger partial charge in [0.1, 0.15) is 0 Å². The normalized spacial score (nSPS) is 10.8. The highest BCUT2D eigenvalue weighted by atomic mass is 16.5. The molecule has 39 heavy (non-hydrogen) atoms. The molecular weight excluding hydrogens is 484 g/mol. The average molecular weight is 517 g/mol. The van der Waals surface area contributed by atoms with E-state index in [0.717, 1.165) is 44.2 Å². The third kappa shape index (κ3) is 4.59. The van der Waals surface area contributed by atoms with Crippen molar-refractivity contribution in [3.63, 3.8) is 0 Å². The first-order valence-corrected chi connectivity index (χ1v) is 12.8. The Labute approximate surface area is 230 Å². The number of aryl methyl sites for hydroxylation is 1. The van der Waals surface area contributed by atoms with Gasteiger partial charge < -0.3 is 18.9 Å². The summed E-state index contributed by atoms with van der Waals surface area (Å²) >= 11 is 0. The number of hydrogen-bond acceptors (Lipinski definition) is 4. The Bertz CT molecular complexity index is 1650. The smallest absolute Gasteiger partial charge is 0.168 e. The number of hydrogen-bond donors (Lipinski definition) is 0. The fraction of sp³-hybridized carbons (Fsp3) is 0.143. The van der Waals surface area contributed by atoms with Crippen molar-refractivity contribution in [1.82, 2.24) is 0 Å². The minimum absolute atomic E-state index is 0.655. The van der Waals surface area contributed by atoms with Gasteiger partial charge in [0.15, 0.2) is 23.0 Å². The van der Waals surface area contributed by atoms with Crippen LogP contribution in [0, 0.1) is 6.92 Å². The maximum Gasteiger partial charge on any atom is 0.168 e. The molecule has 0 aliphatic heterocycles. The molecule has 0 aliphatic rings. The fourth-order valence-electron chi connectivity index (χ4n) is 5.32. The minimum atomic E-state index is 0.655. The lowest BCUT2D eigenvalue weighted by atomic mass is 9.84. The Morgan fingerprint density at radius 3 is 1.82 bits per heavy atom. The number of fused-ring (bicyclic) bond motifs is 1. The molecule has 0 unspecified atom stereocenters. The largest absolute Gasteiger partial charge is 0.493 e. The first-order chi connectivity index (χ1) is 19.0. The van der Waals surface area contributed by atoms with Crippen molar-refractivity contribution < 1.29 is 18.9 Å². The van der Waals surface area contributed by atoms with E-state index in [1.807, 2.05) is 30.3 Å². The van der Waals surface area contributed by atoms with E-state index in [2.05, 4.69) is 74.2 Å². The molecule has 0 fully saturated rings. The van der Waals surface area contributed by atoms with Crippen LogP contribution in [0.1, 0.15) is 11.1 Å². The van der Waals surface area contributed by atoms with Gasteiger partial charge >= 0.3 is 0 Å². The number of ether oxygens (including phenoxy) is 4. The van der Waals surface area contributed by atoms with Gasteiger partial charge in [-0.05, 0) is 87.0 Å². The average Bonchev–Trinajstić information content (AvgIpc) is 3.00. The third-order valence-corrected chi connectivity index (χ3v) is 7.26. The van der Waals surface area contributed by atoms with E-state index >= 15 is 0 Å². The highest BCUT2D eigenvalue weighted by Crippen LogP contribution is 2.47. The Balaban J connectivity index is 1.83. The van der Waals surface area contributed by atoms with Gasteiger partial charge in [0.2, 0.25) is 0 Å². The van der Waals surface area contributed by atoms with Crippen LogP contribution in [0.3, 0.4) is 0 Å². The Morgan fingerprint density at radius 1 is 0.590 bits per heavy atom. The van der Waals surface area contributed by atoms with E-state index in [0.29, 0.717) is 23.0 Å². The van der Waals surface area contributed by atoms with Crippen LogP contribution in [-0.4, -0.2) is 28.4 Å². The van der Waals surface area contributed by atoms with Gasteiger partial charge in [0, 0.05) is 5.56 Å². The molecule has 196 valence electrons. The summed E-state index contributed by atoms with van der Waals surface area (Å²) in [6.45, 7) is 6.27. The zero-order valence-electron chi connectivity index (χ0n) is 23.0. The van der Waals surface area contributed by atoms with Crippen LogP contribution >= 0.6 is 0 Å². The molecule has 0 aromatic heterocycles. The molecule has 4 heteroatoms. The summed E-state index contributed by atoms with van der Waals surface area (Å²) in [4.78, 5) is 0. The van der Waals surface area contributed by atoms with Crippen LogP contribution in [-0.2, 0) is 0 Å².